The van der Waals surface area contributed by atoms with Crippen LogP contribution < -0.4 is 14.8 Å². The molecule has 6 heteroatoms. The monoisotopic (exact) mass is 354 g/mol. The maximum absolute atomic E-state index is 12.7. The fourth-order valence-electron chi connectivity index (χ4n) is 2.98. The van der Waals surface area contributed by atoms with E-state index in [2.05, 4.69) is 10.3 Å². The highest BCUT2D eigenvalue weighted by molar-refractivity contribution is 5.91. The summed E-state index contributed by atoms with van der Waals surface area (Å²) in [6.07, 6.45) is 1.83. The predicted octanol–water partition coefficient (Wildman–Crippen LogP) is 3.90. The number of aromatic amines is 1. The summed E-state index contributed by atoms with van der Waals surface area (Å²) < 4.78 is 16.1. The lowest BCUT2D eigenvalue weighted by molar-refractivity contribution is -0.144. The van der Waals surface area contributed by atoms with Gasteiger partial charge < -0.3 is 24.5 Å². The Morgan fingerprint density at radius 3 is 2.65 bits per heavy atom. The second-order valence-corrected chi connectivity index (χ2v) is 5.66. The van der Waals surface area contributed by atoms with Gasteiger partial charge in [0, 0.05) is 22.7 Å². The van der Waals surface area contributed by atoms with Crippen molar-refractivity contribution in [3.05, 3.63) is 54.2 Å². The summed E-state index contributed by atoms with van der Waals surface area (Å²) in [5.41, 5.74) is 2.41. The van der Waals surface area contributed by atoms with Crippen LogP contribution in [0.25, 0.3) is 10.9 Å². The minimum absolute atomic E-state index is 0.300. The van der Waals surface area contributed by atoms with Crippen molar-refractivity contribution in [2.45, 2.75) is 13.0 Å². The zero-order chi connectivity index (χ0) is 18.5. The number of ether oxygens (including phenoxy) is 3. The summed E-state index contributed by atoms with van der Waals surface area (Å²) in [4.78, 5) is 15.9. The van der Waals surface area contributed by atoms with Crippen LogP contribution in [0.5, 0.6) is 11.5 Å². The Bertz CT molecular complexity index is 904. The van der Waals surface area contributed by atoms with Crippen molar-refractivity contribution in [1.82, 2.24) is 4.98 Å². The Hall–Kier alpha value is -3.15. The molecule has 136 valence electrons. The van der Waals surface area contributed by atoms with E-state index in [1.807, 2.05) is 42.6 Å². The Morgan fingerprint density at radius 1 is 1.12 bits per heavy atom. The summed E-state index contributed by atoms with van der Waals surface area (Å²) in [5, 5.41) is 4.21. The van der Waals surface area contributed by atoms with Gasteiger partial charge in [0.2, 0.25) is 0 Å². The molecule has 0 bridgehead atoms. The Labute approximate surface area is 152 Å². The standard InChI is InChI=1S/C20H22N2O4/c1-4-26-20(23)18(14-12-21-15-9-6-5-8-13(14)15)22-16-10-7-11-17(24-2)19(16)25-3/h5-12,18,21-22H,4H2,1-3H3. The van der Waals surface area contributed by atoms with Crippen LogP contribution in [0.2, 0.25) is 0 Å². The normalized spacial score (nSPS) is 11.8. The molecule has 2 N–H and O–H groups in total. The number of methoxy groups -OCH3 is 2. The topological polar surface area (TPSA) is 72.6 Å². The van der Waals surface area contributed by atoms with Gasteiger partial charge in [-0.05, 0) is 25.1 Å². The van der Waals surface area contributed by atoms with Crippen molar-refractivity contribution in [2.24, 2.45) is 0 Å². The van der Waals surface area contributed by atoms with Gasteiger partial charge in [-0.3, -0.25) is 0 Å². The highest BCUT2D eigenvalue weighted by atomic mass is 16.5. The van der Waals surface area contributed by atoms with Crippen LogP contribution in [0.15, 0.2) is 48.7 Å². The van der Waals surface area contributed by atoms with Gasteiger partial charge in [0.1, 0.15) is 0 Å². The average Bonchev–Trinajstić information content (AvgIpc) is 3.09. The number of carbonyl (C=O) groups excluding carboxylic acids is 1. The van der Waals surface area contributed by atoms with Crippen molar-refractivity contribution < 1.29 is 19.0 Å². The van der Waals surface area contributed by atoms with Gasteiger partial charge in [-0.15, -0.1) is 0 Å². The van der Waals surface area contributed by atoms with Gasteiger partial charge in [0.05, 0.1) is 26.5 Å². The molecule has 3 aromatic rings. The molecule has 1 atom stereocenters. The second kappa shape index (κ2) is 7.82. The van der Waals surface area contributed by atoms with Gasteiger partial charge in [-0.2, -0.15) is 0 Å². The SMILES string of the molecule is CCOC(=O)C(Nc1cccc(OC)c1OC)c1c[nH]c2ccccc12. The number of hydrogen-bond donors (Lipinski definition) is 2. The van der Waals surface area contributed by atoms with Gasteiger partial charge in [-0.25, -0.2) is 4.79 Å². The summed E-state index contributed by atoms with van der Waals surface area (Å²) in [5.74, 6) is 0.755. The largest absolute Gasteiger partial charge is 0.493 e. The molecule has 0 aliphatic heterocycles. The molecule has 0 saturated heterocycles. The lowest BCUT2D eigenvalue weighted by Gasteiger charge is -2.20. The van der Waals surface area contributed by atoms with E-state index in [1.54, 1.807) is 27.2 Å². The number of esters is 1. The number of nitrogens with one attached hydrogen (secondary N) is 2. The zero-order valence-corrected chi connectivity index (χ0v) is 15.0. The average molecular weight is 354 g/mol. The molecule has 26 heavy (non-hydrogen) atoms. The number of aromatic nitrogens is 1. The van der Waals surface area contributed by atoms with Crippen LogP contribution in [0, 0.1) is 0 Å². The van der Waals surface area contributed by atoms with Gasteiger partial charge in [-0.1, -0.05) is 24.3 Å². The van der Waals surface area contributed by atoms with Crippen LogP contribution in [0.1, 0.15) is 18.5 Å². The molecule has 3 rings (SSSR count). The van der Waals surface area contributed by atoms with Gasteiger partial charge >= 0.3 is 5.97 Å². The predicted molar refractivity (Wildman–Crippen MR) is 101 cm³/mol. The number of H-pyrrole nitrogens is 1. The summed E-state index contributed by atoms with van der Waals surface area (Å²) >= 11 is 0. The van der Waals surface area contributed by atoms with E-state index in [4.69, 9.17) is 14.2 Å². The number of anilines is 1. The zero-order valence-electron chi connectivity index (χ0n) is 15.0. The van der Waals surface area contributed by atoms with E-state index in [9.17, 15) is 4.79 Å². The number of carbonyl (C=O) groups is 1. The fourth-order valence-corrected chi connectivity index (χ4v) is 2.98. The maximum Gasteiger partial charge on any atom is 0.333 e. The third-order valence-electron chi connectivity index (χ3n) is 4.16. The second-order valence-electron chi connectivity index (χ2n) is 5.66. The van der Waals surface area contributed by atoms with E-state index in [0.717, 1.165) is 16.5 Å². The molecule has 0 aliphatic carbocycles. The van der Waals surface area contributed by atoms with E-state index >= 15 is 0 Å². The first-order valence-corrected chi connectivity index (χ1v) is 8.39. The quantitative estimate of drug-likeness (QED) is 0.630. The molecule has 6 nitrogen and oxygen atoms in total. The van der Waals surface area contributed by atoms with Crippen LogP contribution >= 0.6 is 0 Å². The molecule has 1 aromatic heterocycles. The number of para-hydroxylation sites is 2. The minimum Gasteiger partial charge on any atom is -0.493 e. The molecular formula is C20H22N2O4. The summed E-state index contributed by atoms with van der Waals surface area (Å²) in [7, 11) is 3.14. The van der Waals surface area contributed by atoms with Crippen molar-refractivity contribution >= 4 is 22.6 Å². The van der Waals surface area contributed by atoms with Crippen LogP contribution in [-0.2, 0) is 9.53 Å². The highest BCUT2D eigenvalue weighted by Crippen LogP contribution is 2.37. The lowest BCUT2D eigenvalue weighted by Crippen LogP contribution is -2.23. The molecule has 1 unspecified atom stereocenters. The number of hydrogen-bond acceptors (Lipinski definition) is 5. The molecule has 0 fully saturated rings. The lowest BCUT2D eigenvalue weighted by atomic mass is 10.1. The molecule has 0 saturated carbocycles. The summed E-state index contributed by atoms with van der Waals surface area (Å²) in [6, 6.07) is 12.6. The Morgan fingerprint density at radius 2 is 1.92 bits per heavy atom. The van der Waals surface area contributed by atoms with Gasteiger partial charge in [0.15, 0.2) is 17.5 Å². The van der Waals surface area contributed by atoms with Crippen LogP contribution in [0.3, 0.4) is 0 Å². The first-order valence-electron chi connectivity index (χ1n) is 8.39. The van der Waals surface area contributed by atoms with E-state index < -0.39 is 6.04 Å². The van der Waals surface area contributed by atoms with Crippen LogP contribution in [0.4, 0.5) is 5.69 Å². The number of rotatable bonds is 7. The minimum atomic E-state index is -0.688. The third-order valence-corrected chi connectivity index (χ3v) is 4.16. The number of benzene rings is 2. The molecular weight excluding hydrogens is 332 g/mol. The molecule has 1 heterocycles. The summed E-state index contributed by atoms with van der Waals surface area (Å²) in [6.45, 7) is 2.09. The van der Waals surface area contributed by atoms with Crippen LogP contribution in [-0.4, -0.2) is 31.8 Å². The fraction of sp³-hybridized carbons (Fsp3) is 0.250. The molecule has 0 aliphatic rings. The highest BCUT2D eigenvalue weighted by Gasteiger charge is 2.26. The molecule has 0 radical (unpaired) electrons. The molecule has 0 spiro atoms. The smallest absolute Gasteiger partial charge is 0.333 e. The van der Waals surface area contributed by atoms with Crippen molar-refractivity contribution in [3.63, 3.8) is 0 Å². The Balaban J connectivity index is 2.05. The first kappa shape index (κ1) is 17.7. The Kier molecular flexibility index (Phi) is 5.31. The van der Waals surface area contributed by atoms with Crippen molar-refractivity contribution in [2.75, 3.05) is 26.1 Å². The molecule has 0 amide bonds. The maximum atomic E-state index is 12.7. The molecule has 2 aromatic carbocycles. The van der Waals surface area contributed by atoms with E-state index in [0.29, 0.717) is 23.8 Å². The van der Waals surface area contributed by atoms with E-state index in [1.165, 1.54) is 0 Å². The third kappa shape index (κ3) is 3.31. The number of fused-ring (bicyclic) bond motifs is 1. The van der Waals surface area contributed by atoms with Crippen molar-refractivity contribution in [3.8, 4) is 11.5 Å². The van der Waals surface area contributed by atoms with Gasteiger partial charge in [0.25, 0.3) is 0 Å². The first-order chi connectivity index (χ1) is 12.7. The van der Waals surface area contributed by atoms with Crippen molar-refractivity contribution in [1.29, 1.82) is 0 Å². The van der Waals surface area contributed by atoms with E-state index in [-0.39, 0.29) is 5.97 Å².